The van der Waals surface area contributed by atoms with Crippen LogP contribution in [0.5, 0.6) is 5.88 Å². The van der Waals surface area contributed by atoms with Crippen LogP contribution in [0.2, 0.25) is 0 Å². The third-order valence-corrected chi connectivity index (χ3v) is 2.22. The summed E-state index contributed by atoms with van der Waals surface area (Å²) in [5.41, 5.74) is 0.942. The summed E-state index contributed by atoms with van der Waals surface area (Å²) in [4.78, 5) is 8.48. The highest BCUT2D eigenvalue weighted by Crippen LogP contribution is 2.05. The summed E-state index contributed by atoms with van der Waals surface area (Å²) in [7, 11) is 0. The van der Waals surface area contributed by atoms with Crippen molar-refractivity contribution >= 4 is 0 Å². The molecule has 4 heteroatoms. The number of nitrogens with zero attached hydrogens (tertiary/aromatic N) is 2. The maximum atomic E-state index is 5.45. The minimum Gasteiger partial charge on any atom is -0.477 e. The van der Waals surface area contributed by atoms with E-state index in [1.807, 2.05) is 6.08 Å². The number of unbranched alkanes of at least 4 members (excludes halogenated alkanes) is 1. The third kappa shape index (κ3) is 6.02. The Morgan fingerprint density at radius 3 is 2.94 bits per heavy atom. The summed E-state index contributed by atoms with van der Waals surface area (Å²) in [6, 6.07) is 0. The molecule has 0 bridgehead atoms. The van der Waals surface area contributed by atoms with E-state index in [1.165, 1.54) is 0 Å². The number of hydrogen-bond donors (Lipinski definition) is 1. The minimum absolute atomic E-state index is 0.591. The number of hydrogen-bond acceptors (Lipinski definition) is 4. The predicted molar refractivity (Wildman–Crippen MR) is 69.0 cm³/mol. The first-order valence-electron chi connectivity index (χ1n) is 6.12. The molecule has 1 rings (SSSR count). The molecule has 0 aliphatic carbocycles. The summed E-state index contributed by atoms with van der Waals surface area (Å²) in [6.45, 7) is 8.22. The lowest BCUT2D eigenvalue weighted by molar-refractivity contribution is 0.298. The Morgan fingerprint density at radius 2 is 2.29 bits per heavy atom. The predicted octanol–water partition coefficient (Wildman–Crippen LogP) is 2.32. The van der Waals surface area contributed by atoms with Crippen LogP contribution in [0.3, 0.4) is 0 Å². The second-order valence-electron chi connectivity index (χ2n) is 3.80. The highest BCUT2D eigenvalue weighted by Gasteiger charge is 1.98. The van der Waals surface area contributed by atoms with Gasteiger partial charge in [0.25, 0.3) is 0 Å². The molecule has 0 spiro atoms. The highest BCUT2D eigenvalue weighted by atomic mass is 16.5. The van der Waals surface area contributed by atoms with Gasteiger partial charge in [-0.15, -0.1) is 6.58 Å². The fourth-order valence-electron chi connectivity index (χ4n) is 1.31. The van der Waals surface area contributed by atoms with E-state index in [0.29, 0.717) is 12.5 Å². The van der Waals surface area contributed by atoms with Crippen LogP contribution in [0.1, 0.15) is 31.9 Å². The SMILES string of the molecule is C=CCCCOc1cnc(CNCCC)cn1. The van der Waals surface area contributed by atoms with Crippen molar-refractivity contribution in [3.05, 3.63) is 30.7 Å². The molecule has 0 radical (unpaired) electrons. The zero-order valence-corrected chi connectivity index (χ0v) is 10.5. The highest BCUT2D eigenvalue weighted by molar-refractivity contribution is 5.07. The minimum atomic E-state index is 0.591. The zero-order valence-electron chi connectivity index (χ0n) is 10.5. The van der Waals surface area contributed by atoms with E-state index in [-0.39, 0.29) is 0 Å². The molecule has 17 heavy (non-hydrogen) atoms. The molecule has 0 amide bonds. The molecule has 0 saturated carbocycles. The molecular weight excluding hydrogens is 214 g/mol. The van der Waals surface area contributed by atoms with Gasteiger partial charge in [-0.3, -0.25) is 4.98 Å². The van der Waals surface area contributed by atoms with E-state index in [1.54, 1.807) is 12.4 Å². The van der Waals surface area contributed by atoms with Crippen molar-refractivity contribution in [1.82, 2.24) is 15.3 Å². The lowest BCUT2D eigenvalue weighted by Crippen LogP contribution is -2.15. The van der Waals surface area contributed by atoms with E-state index in [0.717, 1.165) is 38.0 Å². The van der Waals surface area contributed by atoms with Crippen molar-refractivity contribution in [3.8, 4) is 5.88 Å². The molecule has 0 unspecified atom stereocenters. The van der Waals surface area contributed by atoms with Crippen LogP contribution in [-0.4, -0.2) is 23.1 Å². The van der Waals surface area contributed by atoms with E-state index in [9.17, 15) is 0 Å². The Kier molecular flexibility index (Phi) is 6.98. The van der Waals surface area contributed by atoms with E-state index >= 15 is 0 Å². The standard InChI is InChI=1S/C13H21N3O/c1-3-5-6-8-17-13-11-15-12(10-16-13)9-14-7-4-2/h3,10-11,14H,1,4-9H2,2H3. The molecule has 1 N–H and O–H groups in total. The Balaban J connectivity index is 2.26. The van der Waals surface area contributed by atoms with Crippen molar-refractivity contribution < 1.29 is 4.74 Å². The molecule has 0 atom stereocenters. The van der Waals surface area contributed by atoms with Gasteiger partial charge in [-0.05, 0) is 25.8 Å². The Hall–Kier alpha value is -1.42. The van der Waals surface area contributed by atoms with Crippen molar-refractivity contribution in [2.45, 2.75) is 32.7 Å². The van der Waals surface area contributed by atoms with Gasteiger partial charge in [0.15, 0.2) is 0 Å². The molecule has 94 valence electrons. The van der Waals surface area contributed by atoms with Gasteiger partial charge in [-0.25, -0.2) is 4.98 Å². The lowest BCUT2D eigenvalue weighted by Gasteiger charge is -2.05. The van der Waals surface area contributed by atoms with Crippen LogP contribution < -0.4 is 10.1 Å². The summed E-state index contributed by atoms with van der Waals surface area (Å²) in [5.74, 6) is 0.591. The quantitative estimate of drug-likeness (QED) is 0.527. The van der Waals surface area contributed by atoms with E-state index in [4.69, 9.17) is 4.74 Å². The van der Waals surface area contributed by atoms with Crippen molar-refractivity contribution in [2.75, 3.05) is 13.2 Å². The smallest absolute Gasteiger partial charge is 0.232 e. The monoisotopic (exact) mass is 235 g/mol. The van der Waals surface area contributed by atoms with Gasteiger partial charge in [0.1, 0.15) is 0 Å². The van der Waals surface area contributed by atoms with Crippen molar-refractivity contribution in [2.24, 2.45) is 0 Å². The number of ether oxygens (including phenoxy) is 1. The summed E-state index contributed by atoms with van der Waals surface area (Å²) in [5, 5.41) is 3.28. The Morgan fingerprint density at radius 1 is 1.41 bits per heavy atom. The first-order chi connectivity index (χ1) is 8.36. The average molecular weight is 235 g/mol. The number of rotatable bonds is 9. The number of allylic oxidation sites excluding steroid dienone is 1. The molecule has 1 aromatic rings. The summed E-state index contributed by atoms with van der Waals surface area (Å²) >= 11 is 0. The molecule has 0 fully saturated rings. The van der Waals surface area contributed by atoms with Crippen molar-refractivity contribution in [3.63, 3.8) is 0 Å². The number of nitrogens with one attached hydrogen (secondary N) is 1. The van der Waals surface area contributed by atoms with Gasteiger partial charge in [0.05, 0.1) is 24.7 Å². The Labute approximate surface area is 103 Å². The van der Waals surface area contributed by atoms with E-state index < -0.39 is 0 Å². The van der Waals surface area contributed by atoms with Gasteiger partial charge in [-0.1, -0.05) is 13.0 Å². The average Bonchev–Trinajstić information content (AvgIpc) is 2.37. The van der Waals surface area contributed by atoms with Gasteiger partial charge >= 0.3 is 0 Å². The zero-order chi connectivity index (χ0) is 12.3. The first-order valence-corrected chi connectivity index (χ1v) is 6.12. The number of aromatic nitrogens is 2. The molecule has 1 heterocycles. The first kappa shape index (κ1) is 13.6. The maximum Gasteiger partial charge on any atom is 0.232 e. The van der Waals surface area contributed by atoms with Gasteiger partial charge in [0, 0.05) is 6.54 Å². The van der Waals surface area contributed by atoms with Crippen molar-refractivity contribution in [1.29, 1.82) is 0 Å². The van der Waals surface area contributed by atoms with E-state index in [2.05, 4.69) is 28.8 Å². The van der Waals surface area contributed by atoms with Crippen LogP contribution in [0.25, 0.3) is 0 Å². The second-order valence-corrected chi connectivity index (χ2v) is 3.80. The fraction of sp³-hybridized carbons (Fsp3) is 0.538. The maximum absolute atomic E-state index is 5.45. The Bertz CT molecular complexity index is 311. The second kappa shape index (κ2) is 8.70. The van der Waals surface area contributed by atoms with Crippen LogP contribution >= 0.6 is 0 Å². The topological polar surface area (TPSA) is 47.0 Å². The van der Waals surface area contributed by atoms with Gasteiger partial charge in [0.2, 0.25) is 5.88 Å². The van der Waals surface area contributed by atoms with Gasteiger partial charge < -0.3 is 10.1 Å². The van der Waals surface area contributed by atoms with Gasteiger partial charge in [-0.2, -0.15) is 0 Å². The molecule has 1 aromatic heterocycles. The fourth-order valence-corrected chi connectivity index (χ4v) is 1.31. The molecule has 0 aliphatic heterocycles. The van der Waals surface area contributed by atoms with Crippen LogP contribution in [0.4, 0.5) is 0 Å². The summed E-state index contributed by atoms with van der Waals surface area (Å²) < 4.78 is 5.45. The molecular formula is C13H21N3O. The normalized spacial score (nSPS) is 10.2. The largest absolute Gasteiger partial charge is 0.477 e. The molecule has 0 saturated heterocycles. The molecule has 4 nitrogen and oxygen atoms in total. The van der Waals surface area contributed by atoms with Crippen LogP contribution in [0, 0.1) is 0 Å². The van der Waals surface area contributed by atoms with Crippen LogP contribution in [0.15, 0.2) is 25.0 Å². The third-order valence-electron chi connectivity index (χ3n) is 2.22. The summed E-state index contributed by atoms with van der Waals surface area (Å²) in [6.07, 6.45) is 8.37. The van der Waals surface area contributed by atoms with Crippen LogP contribution in [-0.2, 0) is 6.54 Å². The lowest BCUT2D eigenvalue weighted by atomic mass is 10.3. The molecule has 0 aliphatic rings. The molecule has 0 aromatic carbocycles.